The molecule has 0 unspecified atom stereocenters. The number of anilines is 1. The summed E-state index contributed by atoms with van der Waals surface area (Å²) in [7, 11) is 3.35. The average molecular weight is 456 g/mol. The molecule has 1 amide bonds. The van der Waals surface area contributed by atoms with Crippen molar-refractivity contribution in [2.45, 2.75) is 33.4 Å². The number of hydrogen-bond acceptors (Lipinski definition) is 5. The van der Waals surface area contributed by atoms with Crippen LogP contribution in [0, 0.1) is 13.8 Å². The Hall–Kier alpha value is -4.00. The first-order valence-corrected chi connectivity index (χ1v) is 11.2. The minimum atomic E-state index is -0.223. The molecule has 34 heavy (non-hydrogen) atoms. The Labute approximate surface area is 199 Å². The highest BCUT2D eigenvalue weighted by molar-refractivity contribution is 5.92. The van der Waals surface area contributed by atoms with E-state index in [9.17, 15) is 9.59 Å². The summed E-state index contributed by atoms with van der Waals surface area (Å²) in [5.74, 6) is 1.31. The molecule has 0 saturated carbocycles. The van der Waals surface area contributed by atoms with Crippen molar-refractivity contribution in [1.82, 2.24) is 19.4 Å². The topological polar surface area (TPSA) is 80.1 Å². The molecule has 0 aliphatic heterocycles. The molecule has 7 heteroatoms. The number of nitrogens with zero attached hydrogens (tertiary/aromatic N) is 4. The van der Waals surface area contributed by atoms with E-state index in [0.717, 1.165) is 27.8 Å². The number of benzene rings is 2. The molecule has 0 bridgehead atoms. The van der Waals surface area contributed by atoms with Crippen molar-refractivity contribution in [3.05, 3.63) is 88.1 Å². The maximum Gasteiger partial charge on any atom is 0.251 e. The fourth-order valence-corrected chi connectivity index (χ4v) is 3.87. The van der Waals surface area contributed by atoms with E-state index in [2.05, 4.69) is 53.4 Å². The summed E-state index contributed by atoms with van der Waals surface area (Å²) in [5, 5.41) is 4.43. The van der Waals surface area contributed by atoms with Crippen LogP contribution < -0.4 is 10.9 Å². The van der Waals surface area contributed by atoms with Crippen LogP contribution in [0.25, 0.3) is 22.0 Å². The lowest BCUT2D eigenvalue weighted by Gasteiger charge is -2.18. The van der Waals surface area contributed by atoms with Gasteiger partial charge in [-0.2, -0.15) is 0 Å². The van der Waals surface area contributed by atoms with Crippen molar-refractivity contribution in [2.75, 3.05) is 19.4 Å². The summed E-state index contributed by atoms with van der Waals surface area (Å²) in [6.45, 7) is 6.08. The SMILES string of the molecule is Cc1cccc([C@H](C)Nc2nc(C)nc3ccc(-c4ccn(CC(=O)N(C)C)c(=O)c4)cc23)c1. The van der Waals surface area contributed by atoms with Crippen LogP contribution in [-0.2, 0) is 11.3 Å². The molecule has 2 aromatic heterocycles. The van der Waals surface area contributed by atoms with E-state index < -0.39 is 0 Å². The van der Waals surface area contributed by atoms with Gasteiger partial charge in [0, 0.05) is 37.8 Å². The molecular formula is C27H29N5O2. The van der Waals surface area contributed by atoms with Gasteiger partial charge >= 0.3 is 0 Å². The molecule has 174 valence electrons. The van der Waals surface area contributed by atoms with Crippen LogP contribution in [0.3, 0.4) is 0 Å². The van der Waals surface area contributed by atoms with E-state index in [4.69, 9.17) is 0 Å². The van der Waals surface area contributed by atoms with Gasteiger partial charge in [0.2, 0.25) is 5.91 Å². The predicted octanol–water partition coefficient (Wildman–Crippen LogP) is 4.34. The Kier molecular flexibility index (Phi) is 6.45. The fourth-order valence-electron chi connectivity index (χ4n) is 3.87. The first-order chi connectivity index (χ1) is 16.2. The van der Waals surface area contributed by atoms with Crippen LogP contribution in [0.5, 0.6) is 0 Å². The molecule has 7 nitrogen and oxygen atoms in total. The number of carbonyl (C=O) groups excluding carboxylic acids is 1. The van der Waals surface area contributed by atoms with E-state index in [-0.39, 0.29) is 24.1 Å². The number of hydrogen-bond donors (Lipinski definition) is 1. The van der Waals surface area contributed by atoms with Gasteiger partial charge in [0.1, 0.15) is 18.2 Å². The van der Waals surface area contributed by atoms with Gasteiger partial charge < -0.3 is 14.8 Å². The Balaban J connectivity index is 1.70. The highest BCUT2D eigenvalue weighted by atomic mass is 16.2. The average Bonchev–Trinajstić information content (AvgIpc) is 2.80. The molecule has 0 fully saturated rings. The Morgan fingerprint density at radius 2 is 1.79 bits per heavy atom. The van der Waals surface area contributed by atoms with E-state index in [1.165, 1.54) is 20.6 Å². The van der Waals surface area contributed by atoms with Crippen LogP contribution >= 0.6 is 0 Å². The summed E-state index contributed by atoms with van der Waals surface area (Å²) in [5.41, 5.74) is 4.66. The summed E-state index contributed by atoms with van der Waals surface area (Å²) in [4.78, 5) is 35.3. The highest BCUT2D eigenvalue weighted by Crippen LogP contribution is 2.29. The molecule has 4 aromatic rings. The minimum absolute atomic E-state index is 0.0157. The van der Waals surface area contributed by atoms with Crippen molar-refractivity contribution >= 4 is 22.6 Å². The fraction of sp³-hybridized carbons (Fsp3) is 0.259. The Morgan fingerprint density at radius 3 is 2.50 bits per heavy atom. The zero-order valence-electron chi connectivity index (χ0n) is 20.2. The molecule has 1 atom stereocenters. The summed E-state index contributed by atoms with van der Waals surface area (Å²) < 4.78 is 1.41. The van der Waals surface area contributed by atoms with E-state index in [1.807, 2.05) is 31.2 Å². The van der Waals surface area contributed by atoms with Gasteiger partial charge in [0.05, 0.1) is 5.52 Å². The number of aromatic nitrogens is 3. The third-order valence-electron chi connectivity index (χ3n) is 5.84. The van der Waals surface area contributed by atoms with Gasteiger partial charge in [-0.25, -0.2) is 9.97 Å². The first kappa shape index (κ1) is 23.2. The molecule has 2 heterocycles. The highest BCUT2D eigenvalue weighted by Gasteiger charge is 2.13. The molecule has 0 aliphatic rings. The van der Waals surface area contributed by atoms with Crippen LogP contribution in [-0.4, -0.2) is 39.4 Å². The minimum Gasteiger partial charge on any atom is -0.363 e. The number of amides is 1. The first-order valence-electron chi connectivity index (χ1n) is 11.2. The van der Waals surface area contributed by atoms with E-state index in [0.29, 0.717) is 5.82 Å². The molecule has 0 aliphatic carbocycles. The van der Waals surface area contributed by atoms with Gasteiger partial charge in [-0.1, -0.05) is 35.9 Å². The Morgan fingerprint density at radius 1 is 1.03 bits per heavy atom. The van der Waals surface area contributed by atoms with Crippen LogP contribution in [0.4, 0.5) is 5.82 Å². The molecule has 4 rings (SSSR count). The number of likely N-dealkylation sites (N-methyl/N-ethyl adjacent to an activating group) is 1. The van der Waals surface area contributed by atoms with E-state index in [1.54, 1.807) is 26.4 Å². The predicted molar refractivity (Wildman–Crippen MR) is 136 cm³/mol. The molecular weight excluding hydrogens is 426 g/mol. The lowest BCUT2D eigenvalue weighted by atomic mass is 10.0. The second-order valence-electron chi connectivity index (χ2n) is 8.80. The maximum absolute atomic E-state index is 12.6. The summed E-state index contributed by atoms with van der Waals surface area (Å²) in [6.07, 6.45) is 1.66. The lowest BCUT2D eigenvalue weighted by molar-refractivity contribution is -0.129. The van der Waals surface area contributed by atoms with Gasteiger partial charge in [-0.3, -0.25) is 9.59 Å². The molecule has 2 aromatic carbocycles. The van der Waals surface area contributed by atoms with E-state index >= 15 is 0 Å². The van der Waals surface area contributed by atoms with Crippen molar-refractivity contribution in [2.24, 2.45) is 0 Å². The third-order valence-corrected chi connectivity index (χ3v) is 5.84. The summed E-state index contributed by atoms with van der Waals surface area (Å²) >= 11 is 0. The van der Waals surface area contributed by atoms with Crippen molar-refractivity contribution in [1.29, 1.82) is 0 Å². The number of nitrogens with one attached hydrogen (secondary N) is 1. The maximum atomic E-state index is 12.6. The standard InChI is InChI=1S/C27H29N5O2/c1-17-7-6-8-20(13-17)18(2)28-27-23-14-21(9-10-24(23)29-19(3)30-27)22-11-12-32(25(33)15-22)16-26(34)31(4)5/h6-15,18H,16H2,1-5H3,(H,28,29,30)/t18-/m0/s1. The monoisotopic (exact) mass is 455 g/mol. The number of carbonyl (C=O) groups is 1. The third kappa shape index (κ3) is 4.98. The van der Waals surface area contributed by atoms with Gasteiger partial charge in [0.15, 0.2) is 0 Å². The quantitative estimate of drug-likeness (QED) is 0.468. The smallest absolute Gasteiger partial charge is 0.251 e. The van der Waals surface area contributed by atoms with Crippen LogP contribution in [0.15, 0.2) is 65.6 Å². The normalized spacial score (nSPS) is 11.9. The van der Waals surface area contributed by atoms with Crippen molar-refractivity contribution < 1.29 is 4.79 Å². The van der Waals surface area contributed by atoms with Gasteiger partial charge in [0.25, 0.3) is 5.56 Å². The number of rotatable bonds is 6. The van der Waals surface area contributed by atoms with Crippen molar-refractivity contribution in [3.8, 4) is 11.1 Å². The van der Waals surface area contributed by atoms with Crippen LogP contribution in [0.2, 0.25) is 0 Å². The second kappa shape index (κ2) is 9.47. The molecule has 0 radical (unpaired) electrons. The summed E-state index contributed by atoms with van der Waals surface area (Å²) in [6, 6.07) is 17.8. The second-order valence-corrected chi connectivity index (χ2v) is 8.80. The van der Waals surface area contributed by atoms with Gasteiger partial charge in [-0.05, 0) is 55.7 Å². The molecule has 0 spiro atoms. The Bertz CT molecular complexity index is 1420. The van der Waals surface area contributed by atoms with Crippen LogP contribution in [0.1, 0.15) is 29.9 Å². The largest absolute Gasteiger partial charge is 0.363 e. The molecule has 0 saturated heterocycles. The number of fused-ring (bicyclic) bond motifs is 1. The van der Waals surface area contributed by atoms with Crippen molar-refractivity contribution in [3.63, 3.8) is 0 Å². The lowest BCUT2D eigenvalue weighted by Crippen LogP contribution is -2.31. The number of pyridine rings is 1. The number of aryl methyl sites for hydroxylation is 2. The van der Waals surface area contributed by atoms with Gasteiger partial charge in [-0.15, -0.1) is 0 Å². The zero-order valence-corrected chi connectivity index (χ0v) is 20.2. The zero-order chi connectivity index (χ0) is 24.4. The molecule has 1 N–H and O–H groups in total.